The summed E-state index contributed by atoms with van der Waals surface area (Å²) in [7, 11) is 0. The van der Waals surface area contributed by atoms with Crippen LogP contribution in [0.3, 0.4) is 0 Å². The number of ether oxygens (including phenoxy) is 1. The quantitative estimate of drug-likeness (QED) is 0.343. The maximum atomic E-state index is 12.3. The topological polar surface area (TPSA) is 63.6 Å². The van der Waals surface area contributed by atoms with E-state index in [1.807, 2.05) is 66.7 Å². The van der Waals surface area contributed by atoms with Gasteiger partial charge in [-0.1, -0.05) is 66.7 Å². The van der Waals surface area contributed by atoms with E-state index in [4.69, 9.17) is 4.74 Å². The molecule has 5 nitrogen and oxygen atoms in total. The van der Waals surface area contributed by atoms with Gasteiger partial charge in [-0.2, -0.15) is 5.10 Å². The molecule has 0 aliphatic heterocycles. The van der Waals surface area contributed by atoms with Crippen LogP contribution in [0.2, 0.25) is 0 Å². The lowest BCUT2D eigenvalue weighted by Gasteiger charge is -2.12. The summed E-state index contributed by atoms with van der Waals surface area (Å²) >= 11 is 0. The van der Waals surface area contributed by atoms with Crippen LogP contribution in [0, 0.1) is 0 Å². The number of pyridine rings is 1. The number of benzene rings is 3. The van der Waals surface area contributed by atoms with Crippen LogP contribution in [-0.4, -0.2) is 17.1 Å². The van der Waals surface area contributed by atoms with Gasteiger partial charge in [0.15, 0.2) is 0 Å². The molecular formula is C26H21N3O2. The first-order chi connectivity index (χ1) is 15.3. The molecule has 0 bridgehead atoms. The summed E-state index contributed by atoms with van der Waals surface area (Å²) in [5.41, 5.74) is 6.98. The fourth-order valence-corrected chi connectivity index (χ4v) is 3.04. The maximum absolute atomic E-state index is 12.3. The molecule has 1 amide bonds. The summed E-state index contributed by atoms with van der Waals surface area (Å²) in [6.07, 6.45) is 4.90. The molecule has 0 unspecified atom stereocenters. The predicted molar refractivity (Wildman–Crippen MR) is 122 cm³/mol. The van der Waals surface area contributed by atoms with Crippen LogP contribution in [0.4, 0.5) is 0 Å². The normalized spacial score (nSPS) is 10.7. The standard InChI is InChI=1S/C26H21N3O2/c30-26(29-28-18-21-7-6-16-27-17-21)23-14-12-20(13-15-23)19-31-25-11-5-4-10-24(25)22-8-2-1-3-9-22/h1-18H,19H2,(H,29,30)/b28-18+. The fraction of sp³-hybridized carbons (Fsp3) is 0.0385. The molecule has 1 N–H and O–H groups in total. The SMILES string of the molecule is O=C(N/N=C/c1cccnc1)c1ccc(COc2ccccc2-c2ccccc2)cc1. The molecule has 0 aliphatic carbocycles. The number of nitrogens with one attached hydrogen (secondary N) is 1. The molecule has 0 fully saturated rings. The molecular weight excluding hydrogens is 386 g/mol. The van der Waals surface area contributed by atoms with Gasteiger partial charge in [0.2, 0.25) is 0 Å². The minimum Gasteiger partial charge on any atom is -0.488 e. The van der Waals surface area contributed by atoms with Crippen molar-refractivity contribution in [3.05, 3.63) is 120 Å². The minimum absolute atomic E-state index is 0.276. The number of carbonyl (C=O) groups excluding carboxylic acids is 1. The van der Waals surface area contributed by atoms with E-state index in [0.717, 1.165) is 28.0 Å². The number of aromatic nitrogens is 1. The Bertz CT molecular complexity index is 1160. The van der Waals surface area contributed by atoms with E-state index in [-0.39, 0.29) is 5.91 Å². The highest BCUT2D eigenvalue weighted by Crippen LogP contribution is 2.30. The second-order valence-corrected chi connectivity index (χ2v) is 6.83. The molecule has 152 valence electrons. The molecule has 1 heterocycles. The molecule has 0 saturated heterocycles. The Morgan fingerprint density at radius 3 is 2.45 bits per heavy atom. The van der Waals surface area contributed by atoms with E-state index in [1.54, 1.807) is 30.7 Å². The number of hydrazone groups is 1. The zero-order valence-corrected chi connectivity index (χ0v) is 16.8. The third-order valence-corrected chi connectivity index (χ3v) is 4.65. The van der Waals surface area contributed by atoms with Crippen LogP contribution in [0.25, 0.3) is 11.1 Å². The molecule has 3 aromatic carbocycles. The summed E-state index contributed by atoms with van der Waals surface area (Å²) in [6, 6.07) is 29.1. The Morgan fingerprint density at radius 1 is 0.903 bits per heavy atom. The number of hydrogen-bond donors (Lipinski definition) is 1. The Hall–Kier alpha value is -4.25. The van der Waals surface area contributed by atoms with Crippen molar-refractivity contribution < 1.29 is 9.53 Å². The minimum atomic E-state index is -0.276. The van der Waals surface area contributed by atoms with E-state index in [9.17, 15) is 4.79 Å². The molecule has 4 rings (SSSR count). The molecule has 0 saturated carbocycles. The molecule has 4 aromatic rings. The molecule has 0 aliphatic rings. The average molecular weight is 407 g/mol. The molecule has 0 atom stereocenters. The van der Waals surface area contributed by atoms with Crippen molar-refractivity contribution in [3.8, 4) is 16.9 Å². The first kappa shape index (κ1) is 20.0. The zero-order valence-electron chi connectivity index (χ0n) is 16.8. The first-order valence-corrected chi connectivity index (χ1v) is 9.89. The third-order valence-electron chi connectivity index (χ3n) is 4.65. The van der Waals surface area contributed by atoms with Gasteiger partial charge in [-0.05, 0) is 35.4 Å². The van der Waals surface area contributed by atoms with Gasteiger partial charge in [0.1, 0.15) is 12.4 Å². The number of nitrogens with zero attached hydrogens (tertiary/aromatic N) is 2. The lowest BCUT2D eigenvalue weighted by atomic mass is 10.0. The van der Waals surface area contributed by atoms with Gasteiger partial charge in [0.05, 0.1) is 6.21 Å². The zero-order chi connectivity index (χ0) is 21.3. The van der Waals surface area contributed by atoms with E-state index >= 15 is 0 Å². The van der Waals surface area contributed by atoms with Crippen LogP contribution >= 0.6 is 0 Å². The van der Waals surface area contributed by atoms with Crippen molar-refractivity contribution in [2.45, 2.75) is 6.61 Å². The van der Waals surface area contributed by atoms with Gasteiger partial charge in [-0.25, -0.2) is 5.43 Å². The second-order valence-electron chi connectivity index (χ2n) is 6.83. The van der Waals surface area contributed by atoms with Crippen molar-refractivity contribution in [2.75, 3.05) is 0 Å². The van der Waals surface area contributed by atoms with E-state index < -0.39 is 0 Å². The highest BCUT2D eigenvalue weighted by atomic mass is 16.5. The molecule has 5 heteroatoms. The van der Waals surface area contributed by atoms with Crippen LogP contribution in [0.15, 0.2) is 108 Å². The molecule has 1 aromatic heterocycles. The van der Waals surface area contributed by atoms with E-state index in [1.165, 1.54) is 0 Å². The van der Waals surface area contributed by atoms with Crippen LogP contribution in [0.5, 0.6) is 5.75 Å². The lowest BCUT2D eigenvalue weighted by molar-refractivity contribution is 0.0955. The molecule has 0 spiro atoms. The number of para-hydroxylation sites is 1. The monoisotopic (exact) mass is 407 g/mol. The van der Waals surface area contributed by atoms with Gasteiger partial charge in [0, 0.05) is 29.1 Å². The second kappa shape index (κ2) is 9.98. The Balaban J connectivity index is 1.36. The van der Waals surface area contributed by atoms with E-state index in [0.29, 0.717) is 12.2 Å². The fourth-order valence-electron chi connectivity index (χ4n) is 3.04. The molecule has 0 radical (unpaired) electrons. The van der Waals surface area contributed by atoms with Crippen molar-refractivity contribution in [1.29, 1.82) is 0 Å². The first-order valence-electron chi connectivity index (χ1n) is 9.89. The number of amides is 1. The lowest BCUT2D eigenvalue weighted by Crippen LogP contribution is -2.17. The van der Waals surface area contributed by atoms with Crippen molar-refractivity contribution in [1.82, 2.24) is 10.4 Å². The third kappa shape index (κ3) is 5.42. The van der Waals surface area contributed by atoms with Gasteiger partial charge in [-0.15, -0.1) is 0 Å². The van der Waals surface area contributed by atoms with Gasteiger partial charge < -0.3 is 4.74 Å². The van der Waals surface area contributed by atoms with Gasteiger partial charge in [-0.3, -0.25) is 9.78 Å². The summed E-state index contributed by atoms with van der Waals surface area (Å²) in [5, 5.41) is 3.97. The largest absolute Gasteiger partial charge is 0.488 e. The highest BCUT2D eigenvalue weighted by Gasteiger charge is 2.07. The smallest absolute Gasteiger partial charge is 0.271 e. The summed E-state index contributed by atoms with van der Waals surface area (Å²) in [5.74, 6) is 0.544. The maximum Gasteiger partial charge on any atom is 0.271 e. The van der Waals surface area contributed by atoms with Crippen LogP contribution in [0.1, 0.15) is 21.5 Å². The Morgan fingerprint density at radius 2 is 1.68 bits per heavy atom. The number of carbonyl (C=O) groups is 1. The Labute approximate surface area is 181 Å². The highest BCUT2D eigenvalue weighted by molar-refractivity contribution is 5.94. The Kier molecular flexibility index (Phi) is 6.45. The predicted octanol–water partition coefficient (Wildman–Crippen LogP) is 5.09. The van der Waals surface area contributed by atoms with Gasteiger partial charge >= 0.3 is 0 Å². The van der Waals surface area contributed by atoms with Crippen molar-refractivity contribution in [3.63, 3.8) is 0 Å². The summed E-state index contributed by atoms with van der Waals surface area (Å²) in [6.45, 7) is 0.408. The number of rotatable bonds is 7. The average Bonchev–Trinajstić information content (AvgIpc) is 2.84. The van der Waals surface area contributed by atoms with Gasteiger partial charge in [0.25, 0.3) is 5.91 Å². The van der Waals surface area contributed by atoms with Crippen molar-refractivity contribution >= 4 is 12.1 Å². The van der Waals surface area contributed by atoms with Crippen molar-refractivity contribution in [2.24, 2.45) is 5.10 Å². The van der Waals surface area contributed by atoms with E-state index in [2.05, 4.69) is 27.6 Å². The molecule has 31 heavy (non-hydrogen) atoms. The summed E-state index contributed by atoms with van der Waals surface area (Å²) < 4.78 is 6.06. The number of hydrogen-bond acceptors (Lipinski definition) is 4. The van der Waals surface area contributed by atoms with Crippen LogP contribution < -0.4 is 10.2 Å². The summed E-state index contributed by atoms with van der Waals surface area (Å²) in [4.78, 5) is 16.3. The van der Waals surface area contributed by atoms with Crippen LogP contribution in [-0.2, 0) is 6.61 Å².